The predicted molar refractivity (Wildman–Crippen MR) is 83.1 cm³/mol. The van der Waals surface area contributed by atoms with Crippen LogP contribution in [0.15, 0.2) is 24.3 Å². The first kappa shape index (κ1) is 14.6. The predicted octanol–water partition coefficient (Wildman–Crippen LogP) is 4.33. The lowest BCUT2D eigenvalue weighted by atomic mass is 9.63. The van der Waals surface area contributed by atoms with Gasteiger partial charge < -0.3 is 5.73 Å². The molecule has 0 saturated heterocycles. The molecule has 0 heterocycles. The molecule has 3 unspecified atom stereocenters. The summed E-state index contributed by atoms with van der Waals surface area (Å²) in [5.74, 6) is 2.11. The number of nitrogens with two attached hydrogens (primary N) is 1. The molecule has 1 saturated carbocycles. The van der Waals surface area contributed by atoms with E-state index in [9.17, 15) is 0 Å². The molecule has 0 spiro atoms. The number of benzene rings is 1. The topological polar surface area (TPSA) is 26.0 Å². The van der Waals surface area contributed by atoms with Crippen LogP contribution < -0.4 is 5.73 Å². The van der Waals surface area contributed by atoms with E-state index in [1.807, 2.05) is 0 Å². The lowest BCUT2D eigenvalue weighted by molar-refractivity contribution is 0.109. The molecule has 0 bridgehead atoms. The van der Waals surface area contributed by atoms with Crippen molar-refractivity contribution in [1.29, 1.82) is 0 Å². The Morgan fingerprint density at radius 1 is 1.26 bits per heavy atom. The first-order valence-electron chi connectivity index (χ1n) is 7.76. The van der Waals surface area contributed by atoms with E-state index in [1.54, 1.807) is 0 Å². The quantitative estimate of drug-likeness (QED) is 0.859. The summed E-state index contributed by atoms with van der Waals surface area (Å²) in [5, 5.41) is 0. The summed E-state index contributed by atoms with van der Waals surface area (Å²) in [6.45, 7) is 9.23. The van der Waals surface area contributed by atoms with Gasteiger partial charge in [-0.05, 0) is 55.1 Å². The Labute approximate surface area is 118 Å². The Bertz CT molecular complexity index is 423. The highest BCUT2D eigenvalue weighted by molar-refractivity contribution is 5.28. The van der Waals surface area contributed by atoms with Crippen molar-refractivity contribution in [3.63, 3.8) is 0 Å². The first-order valence-corrected chi connectivity index (χ1v) is 7.76. The smallest absolute Gasteiger partial charge is 0.0228 e. The van der Waals surface area contributed by atoms with Crippen LogP contribution >= 0.6 is 0 Å². The van der Waals surface area contributed by atoms with Gasteiger partial charge in [0.25, 0.3) is 0 Å². The number of rotatable bonds is 3. The Morgan fingerprint density at radius 2 is 1.95 bits per heavy atom. The molecule has 2 rings (SSSR count). The average Bonchev–Trinajstić information content (AvgIpc) is 2.31. The maximum Gasteiger partial charge on any atom is 0.0228 e. The number of hydrogen-bond donors (Lipinski definition) is 1. The van der Waals surface area contributed by atoms with Crippen LogP contribution in [-0.2, 0) is 6.42 Å². The lowest BCUT2D eigenvalue weighted by Gasteiger charge is -2.46. The van der Waals surface area contributed by atoms with Crippen molar-refractivity contribution in [3.8, 4) is 0 Å². The largest absolute Gasteiger partial charge is 0.325 e. The van der Waals surface area contributed by atoms with Gasteiger partial charge in [0.1, 0.15) is 0 Å². The molecular weight excluding hydrogens is 230 g/mol. The normalized spacial score (nSPS) is 31.7. The monoisotopic (exact) mass is 259 g/mol. The highest BCUT2D eigenvalue weighted by atomic mass is 14.8. The molecule has 106 valence electrons. The van der Waals surface area contributed by atoms with Crippen LogP contribution in [-0.4, -0.2) is 5.54 Å². The van der Waals surface area contributed by atoms with Crippen molar-refractivity contribution < 1.29 is 0 Å². The maximum absolute atomic E-state index is 6.90. The summed E-state index contributed by atoms with van der Waals surface area (Å²) < 4.78 is 0. The van der Waals surface area contributed by atoms with E-state index >= 15 is 0 Å². The second-order valence-corrected chi connectivity index (χ2v) is 7.07. The molecule has 1 fully saturated rings. The molecule has 1 heteroatoms. The fourth-order valence-electron chi connectivity index (χ4n) is 4.02. The molecule has 1 nitrogen and oxygen atoms in total. The van der Waals surface area contributed by atoms with E-state index in [0.29, 0.717) is 11.8 Å². The molecule has 1 aliphatic rings. The standard InChI is InChI=1S/C18H29N/c1-13(2)17-10-9-14(3)11-18(17,19)12-16-8-6-5-7-15(16)4/h5-8,13-14,17H,9-12,19H2,1-4H3. The van der Waals surface area contributed by atoms with Gasteiger partial charge in [0, 0.05) is 5.54 Å². The van der Waals surface area contributed by atoms with Gasteiger partial charge in [-0.1, -0.05) is 51.5 Å². The van der Waals surface area contributed by atoms with E-state index in [2.05, 4.69) is 52.0 Å². The summed E-state index contributed by atoms with van der Waals surface area (Å²) in [7, 11) is 0. The van der Waals surface area contributed by atoms with Gasteiger partial charge in [0.15, 0.2) is 0 Å². The lowest BCUT2D eigenvalue weighted by Crippen LogP contribution is -2.54. The second kappa shape index (κ2) is 5.66. The van der Waals surface area contributed by atoms with Crippen molar-refractivity contribution in [2.45, 2.75) is 58.9 Å². The molecule has 0 aromatic heterocycles. The highest BCUT2D eigenvalue weighted by Gasteiger charge is 2.41. The fourth-order valence-corrected chi connectivity index (χ4v) is 4.02. The Hall–Kier alpha value is -0.820. The number of hydrogen-bond acceptors (Lipinski definition) is 1. The zero-order chi connectivity index (χ0) is 14.0. The van der Waals surface area contributed by atoms with Crippen LogP contribution in [0.5, 0.6) is 0 Å². The van der Waals surface area contributed by atoms with E-state index in [4.69, 9.17) is 5.73 Å². The third-order valence-corrected chi connectivity index (χ3v) is 5.02. The first-order chi connectivity index (χ1) is 8.92. The van der Waals surface area contributed by atoms with Gasteiger partial charge in [-0.25, -0.2) is 0 Å². The molecule has 1 aromatic rings. The zero-order valence-electron chi connectivity index (χ0n) is 12.9. The highest BCUT2D eigenvalue weighted by Crippen LogP contribution is 2.41. The third kappa shape index (κ3) is 3.20. The SMILES string of the molecule is Cc1ccccc1CC1(N)CC(C)CCC1C(C)C. The summed E-state index contributed by atoms with van der Waals surface area (Å²) in [6.07, 6.45) is 4.84. The van der Waals surface area contributed by atoms with Crippen LogP contribution in [0.4, 0.5) is 0 Å². The summed E-state index contributed by atoms with van der Waals surface area (Å²) in [5.41, 5.74) is 9.70. The van der Waals surface area contributed by atoms with Crippen molar-refractivity contribution >= 4 is 0 Å². The Morgan fingerprint density at radius 3 is 2.58 bits per heavy atom. The third-order valence-electron chi connectivity index (χ3n) is 5.02. The van der Waals surface area contributed by atoms with E-state index < -0.39 is 0 Å². The minimum Gasteiger partial charge on any atom is -0.325 e. The molecule has 1 aliphatic carbocycles. The molecule has 0 amide bonds. The van der Waals surface area contributed by atoms with Gasteiger partial charge >= 0.3 is 0 Å². The van der Waals surface area contributed by atoms with Crippen molar-refractivity contribution in [1.82, 2.24) is 0 Å². The van der Waals surface area contributed by atoms with E-state index in [0.717, 1.165) is 12.3 Å². The molecule has 2 N–H and O–H groups in total. The fraction of sp³-hybridized carbons (Fsp3) is 0.667. The minimum absolute atomic E-state index is 0.0159. The number of aryl methyl sites for hydroxylation is 1. The van der Waals surface area contributed by atoms with E-state index in [1.165, 1.54) is 30.4 Å². The summed E-state index contributed by atoms with van der Waals surface area (Å²) in [4.78, 5) is 0. The van der Waals surface area contributed by atoms with Crippen molar-refractivity contribution in [2.75, 3.05) is 0 Å². The minimum atomic E-state index is -0.0159. The maximum atomic E-state index is 6.90. The Balaban J connectivity index is 2.24. The van der Waals surface area contributed by atoms with Gasteiger partial charge in [0.2, 0.25) is 0 Å². The molecular formula is C18H29N. The molecule has 1 aromatic carbocycles. The average molecular weight is 259 g/mol. The van der Waals surface area contributed by atoms with Gasteiger partial charge in [-0.15, -0.1) is 0 Å². The van der Waals surface area contributed by atoms with Crippen LogP contribution in [0.3, 0.4) is 0 Å². The Kier molecular flexibility index (Phi) is 4.35. The van der Waals surface area contributed by atoms with Crippen LogP contribution in [0.2, 0.25) is 0 Å². The van der Waals surface area contributed by atoms with Gasteiger partial charge in [0.05, 0.1) is 0 Å². The molecule has 3 atom stereocenters. The van der Waals surface area contributed by atoms with Crippen LogP contribution in [0.1, 0.15) is 51.2 Å². The second-order valence-electron chi connectivity index (χ2n) is 7.07. The van der Waals surface area contributed by atoms with Crippen molar-refractivity contribution in [2.24, 2.45) is 23.5 Å². The van der Waals surface area contributed by atoms with E-state index in [-0.39, 0.29) is 5.54 Å². The molecule has 0 radical (unpaired) electrons. The zero-order valence-corrected chi connectivity index (χ0v) is 12.9. The van der Waals surface area contributed by atoms with Crippen molar-refractivity contribution in [3.05, 3.63) is 35.4 Å². The van der Waals surface area contributed by atoms with Crippen LogP contribution in [0, 0.1) is 24.7 Å². The summed E-state index contributed by atoms with van der Waals surface area (Å²) in [6, 6.07) is 8.71. The van der Waals surface area contributed by atoms with Gasteiger partial charge in [-0.2, -0.15) is 0 Å². The summed E-state index contributed by atoms with van der Waals surface area (Å²) >= 11 is 0. The molecule has 0 aliphatic heterocycles. The van der Waals surface area contributed by atoms with Crippen LogP contribution in [0.25, 0.3) is 0 Å². The molecule has 19 heavy (non-hydrogen) atoms. The van der Waals surface area contributed by atoms with Gasteiger partial charge in [-0.3, -0.25) is 0 Å².